The van der Waals surface area contributed by atoms with E-state index >= 15 is 0 Å². The van der Waals surface area contributed by atoms with Crippen molar-refractivity contribution in [3.05, 3.63) is 28.8 Å². The van der Waals surface area contributed by atoms with E-state index in [2.05, 4.69) is 5.32 Å². The third-order valence-electron chi connectivity index (χ3n) is 2.51. The molecule has 13 heavy (non-hydrogen) atoms. The van der Waals surface area contributed by atoms with Crippen molar-refractivity contribution in [1.82, 2.24) is 0 Å². The number of hydrogen-bond acceptors (Lipinski definition) is 1. The molecular weight excluding hydrogens is 172 g/mol. The Bertz CT molecular complexity index is 360. The summed E-state index contributed by atoms with van der Waals surface area (Å²) in [7, 11) is 0. The Labute approximate surface area is 75.8 Å². The highest BCUT2D eigenvalue weighted by molar-refractivity contribution is 5.60. The lowest BCUT2D eigenvalue weighted by atomic mass is 10.00. The summed E-state index contributed by atoms with van der Waals surface area (Å²) in [6.07, 6.45) is 0. The first-order valence-corrected chi connectivity index (χ1v) is 4.33. The van der Waals surface area contributed by atoms with Crippen molar-refractivity contribution in [2.75, 3.05) is 11.9 Å². The quantitative estimate of drug-likeness (QED) is 0.652. The first-order chi connectivity index (χ1) is 6.11. The van der Waals surface area contributed by atoms with Crippen LogP contribution in [0.3, 0.4) is 0 Å². The number of aryl methyl sites for hydroxylation is 1. The lowest BCUT2D eigenvalue weighted by Gasteiger charge is -2.07. The molecular formula is C10H11F2N. The van der Waals surface area contributed by atoms with Gasteiger partial charge in [-0.2, -0.15) is 0 Å². The molecule has 1 heterocycles. The van der Waals surface area contributed by atoms with Gasteiger partial charge in [0.1, 0.15) is 11.6 Å². The molecule has 0 saturated carbocycles. The zero-order chi connectivity index (χ0) is 9.59. The van der Waals surface area contributed by atoms with E-state index in [-0.39, 0.29) is 17.6 Å². The molecule has 0 saturated heterocycles. The highest BCUT2D eigenvalue weighted by atomic mass is 19.1. The first kappa shape index (κ1) is 8.48. The van der Waals surface area contributed by atoms with Crippen molar-refractivity contribution in [2.24, 2.45) is 0 Å². The number of anilines is 1. The average Bonchev–Trinajstić information content (AvgIpc) is 2.44. The third-order valence-corrected chi connectivity index (χ3v) is 2.51. The van der Waals surface area contributed by atoms with Gasteiger partial charge >= 0.3 is 0 Å². The van der Waals surface area contributed by atoms with Crippen LogP contribution in [-0.2, 0) is 0 Å². The van der Waals surface area contributed by atoms with Crippen LogP contribution >= 0.6 is 0 Å². The second-order valence-corrected chi connectivity index (χ2v) is 3.56. The number of nitrogens with one attached hydrogen (secondary N) is 1. The van der Waals surface area contributed by atoms with Gasteiger partial charge in [-0.15, -0.1) is 0 Å². The summed E-state index contributed by atoms with van der Waals surface area (Å²) in [5.41, 5.74) is 1.22. The summed E-state index contributed by atoms with van der Waals surface area (Å²) in [6.45, 7) is 4.09. The number of benzene rings is 1. The van der Waals surface area contributed by atoms with E-state index in [0.717, 1.165) is 0 Å². The molecule has 1 aliphatic heterocycles. The summed E-state index contributed by atoms with van der Waals surface area (Å²) in [4.78, 5) is 0. The van der Waals surface area contributed by atoms with E-state index in [1.165, 1.54) is 6.07 Å². The first-order valence-electron chi connectivity index (χ1n) is 4.33. The van der Waals surface area contributed by atoms with Crippen molar-refractivity contribution in [1.29, 1.82) is 0 Å². The zero-order valence-corrected chi connectivity index (χ0v) is 7.62. The van der Waals surface area contributed by atoms with Gasteiger partial charge in [0.25, 0.3) is 0 Å². The van der Waals surface area contributed by atoms with Crippen LogP contribution in [0, 0.1) is 18.6 Å². The Morgan fingerprint density at radius 3 is 2.85 bits per heavy atom. The number of halogens is 2. The maximum absolute atomic E-state index is 13.5. The summed E-state index contributed by atoms with van der Waals surface area (Å²) < 4.78 is 26.8. The van der Waals surface area contributed by atoms with E-state index in [4.69, 9.17) is 0 Å². The molecule has 0 aliphatic carbocycles. The molecule has 0 radical (unpaired) electrons. The molecule has 1 N–H and O–H groups in total. The van der Waals surface area contributed by atoms with Gasteiger partial charge in [0, 0.05) is 18.0 Å². The predicted molar refractivity (Wildman–Crippen MR) is 48.0 cm³/mol. The minimum atomic E-state index is -0.349. The van der Waals surface area contributed by atoms with Crippen LogP contribution < -0.4 is 5.32 Å². The van der Waals surface area contributed by atoms with Crippen LogP contribution in [0.5, 0.6) is 0 Å². The Morgan fingerprint density at radius 1 is 1.46 bits per heavy atom. The van der Waals surface area contributed by atoms with Crippen LogP contribution in [0.25, 0.3) is 0 Å². The molecule has 0 spiro atoms. The maximum atomic E-state index is 13.5. The smallest absolute Gasteiger partial charge is 0.147 e. The summed E-state index contributed by atoms with van der Waals surface area (Å²) in [5.74, 6) is -0.559. The van der Waals surface area contributed by atoms with E-state index in [0.29, 0.717) is 23.4 Å². The van der Waals surface area contributed by atoms with Crippen LogP contribution in [0.4, 0.5) is 14.5 Å². The predicted octanol–water partition coefficient (Wildman–Crippen LogP) is 2.80. The number of fused-ring (bicyclic) bond motifs is 1. The second-order valence-electron chi connectivity index (χ2n) is 3.56. The van der Waals surface area contributed by atoms with Crippen molar-refractivity contribution in [3.8, 4) is 0 Å². The molecule has 1 nitrogen and oxygen atoms in total. The number of hydrogen-bond donors (Lipinski definition) is 1. The van der Waals surface area contributed by atoms with Crippen LogP contribution in [-0.4, -0.2) is 6.54 Å². The van der Waals surface area contributed by atoms with Crippen LogP contribution in [0.1, 0.15) is 24.0 Å². The Morgan fingerprint density at radius 2 is 2.15 bits per heavy atom. The second kappa shape index (κ2) is 2.69. The highest BCUT2D eigenvalue weighted by Gasteiger charge is 2.26. The molecule has 70 valence electrons. The number of rotatable bonds is 0. The standard InChI is InChI=1S/C10H11F2N/c1-5-3-7(11)10-8(9(5)12)6(2)4-13-10/h3,6,13H,4H2,1-2H3. The lowest BCUT2D eigenvalue weighted by molar-refractivity contribution is 0.579. The molecule has 0 bridgehead atoms. The Kier molecular flexibility index (Phi) is 1.75. The maximum Gasteiger partial charge on any atom is 0.147 e. The minimum Gasteiger partial charge on any atom is -0.382 e. The monoisotopic (exact) mass is 183 g/mol. The summed E-state index contributed by atoms with van der Waals surface area (Å²) in [5, 5.41) is 2.87. The van der Waals surface area contributed by atoms with E-state index in [9.17, 15) is 8.78 Å². The third kappa shape index (κ3) is 1.10. The van der Waals surface area contributed by atoms with Crippen molar-refractivity contribution in [2.45, 2.75) is 19.8 Å². The van der Waals surface area contributed by atoms with Gasteiger partial charge in [0.05, 0.1) is 5.69 Å². The summed E-state index contributed by atoms with van der Waals surface area (Å²) >= 11 is 0. The van der Waals surface area contributed by atoms with Crippen molar-refractivity contribution >= 4 is 5.69 Å². The fraction of sp³-hybridized carbons (Fsp3) is 0.400. The largest absolute Gasteiger partial charge is 0.382 e. The van der Waals surface area contributed by atoms with Gasteiger partial charge in [-0.25, -0.2) is 8.78 Å². The van der Waals surface area contributed by atoms with Gasteiger partial charge < -0.3 is 5.32 Å². The Hall–Kier alpha value is -1.12. The van der Waals surface area contributed by atoms with Crippen LogP contribution in [0.15, 0.2) is 6.07 Å². The fourth-order valence-electron chi connectivity index (χ4n) is 1.78. The normalized spacial score (nSPS) is 19.8. The summed E-state index contributed by atoms with van der Waals surface area (Å²) in [6, 6.07) is 1.24. The molecule has 0 fully saturated rings. The fourth-order valence-corrected chi connectivity index (χ4v) is 1.78. The van der Waals surface area contributed by atoms with Gasteiger partial charge in [0.2, 0.25) is 0 Å². The molecule has 1 aromatic rings. The van der Waals surface area contributed by atoms with E-state index in [1.54, 1.807) is 6.92 Å². The van der Waals surface area contributed by atoms with Crippen molar-refractivity contribution in [3.63, 3.8) is 0 Å². The molecule has 1 aromatic carbocycles. The van der Waals surface area contributed by atoms with Gasteiger partial charge in [-0.05, 0) is 18.6 Å². The highest BCUT2D eigenvalue weighted by Crippen LogP contribution is 2.36. The molecule has 2 rings (SSSR count). The van der Waals surface area contributed by atoms with Crippen molar-refractivity contribution < 1.29 is 8.78 Å². The zero-order valence-electron chi connectivity index (χ0n) is 7.62. The molecule has 1 atom stereocenters. The molecule has 0 amide bonds. The Balaban J connectivity index is 2.70. The van der Waals surface area contributed by atoms with E-state index in [1.807, 2.05) is 6.92 Å². The van der Waals surface area contributed by atoms with Gasteiger partial charge in [0.15, 0.2) is 0 Å². The molecule has 0 aromatic heterocycles. The van der Waals surface area contributed by atoms with E-state index < -0.39 is 0 Å². The SMILES string of the molecule is Cc1cc(F)c2c(c1F)C(C)CN2. The molecule has 1 unspecified atom stereocenters. The van der Waals surface area contributed by atoms with Gasteiger partial charge in [-0.3, -0.25) is 0 Å². The average molecular weight is 183 g/mol. The van der Waals surface area contributed by atoms with Crippen LogP contribution in [0.2, 0.25) is 0 Å². The molecule has 3 heteroatoms. The lowest BCUT2D eigenvalue weighted by Crippen LogP contribution is -1.97. The van der Waals surface area contributed by atoms with Gasteiger partial charge in [-0.1, -0.05) is 6.92 Å². The topological polar surface area (TPSA) is 12.0 Å². The molecule has 1 aliphatic rings. The minimum absolute atomic E-state index is 0.0596.